The number of nitrogens with one attached hydrogen (secondary N) is 1. The molecular formula is C14H11ClFN3O2. The smallest absolute Gasteiger partial charge is 0.354 e. The van der Waals surface area contributed by atoms with Crippen LogP contribution in [0, 0.1) is 5.82 Å². The highest BCUT2D eigenvalue weighted by Gasteiger charge is 2.23. The first-order chi connectivity index (χ1) is 10.0. The average Bonchev–Trinajstić information content (AvgIpc) is 3.22. The van der Waals surface area contributed by atoms with Crippen LogP contribution in [-0.4, -0.2) is 27.1 Å². The van der Waals surface area contributed by atoms with E-state index in [9.17, 15) is 9.18 Å². The molecule has 2 N–H and O–H groups in total. The molecule has 0 atom stereocenters. The molecule has 0 amide bonds. The number of aromatic carboxylic acids is 1. The molecule has 1 aromatic carbocycles. The highest BCUT2D eigenvalue weighted by atomic mass is 35.5. The Labute approximate surface area is 124 Å². The van der Waals surface area contributed by atoms with E-state index >= 15 is 0 Å². The second kappa shape index (κ2) is 5.29. The number of halogens is 2. The van der Waals surface area contributed by atoms with E-state index in [0.717, 1.165) is 12.8 Å². The third-order valence-corrected chi connectivity index (χ3v) is 3.38. The molecule has 108 valence electrons. The second-order valence-electron chi connectivity index (χ2n) is 4.78. The molecule has 1 fully saturated rings. The third kappa shape index (κ3) is 2.95. The van der Waals surface area contributed by atoms with Crippen molar-refractivity contribution < 1.29 is 14.3 Å². The van der Waals surface area contributed by atoms with Crippen LogP contribution in [0.5, 0.6) is 0 Å². The Morgan fingerprint density at radius 3 is 2.76 bits per heavy atom. The minimum absolute atomic E-state index is 0.00103. The zero-order valence-corrected chi connectivity index (χ0v) is 11.6. The molecule has 1 heterocycles. The molecule has 1 aliphatic carbocycles. The van der Waals surface area contributed by atoms with Crippen molar-refractivity contribution in [1.29, 1.82) is 0 Å². The van der Waals surface area contributed by atoms with E-state index in [2.05, 4.69) is 15.3 Å². The van der Waals surface area contributed by atoms with Crippen molar-refractivity contribution in [3.05, 3.63) is 40.8 Å². The van der Waals surface area contributed by atoms with Gasteiger partial charge in [0.25, 0.3) is 0 Å². The minimum Gasteiger partial charge on any atom is -0.477 e. The Hall–Kier alpha value is -2.21. The highest BCUT2D eigenvalue weighted by molar-refractivity contribution is 6.33. The van der Waals surface area contributed by atoms with Gasteiger partial charge in [-0.05, 0) is 25.0 Å². The monoisotopic (exact) mass is 307 g/mol. The molecule has 0 bridgehead atoms. The molecule has 7 heteroatoms. The summed E-state index contributed by atoms with van der Waals surface area (Å²) in [4.78, 5) is 19.2. The van der Waals surface area contributed by atoms with E-state index in [4.69, 9.17) is 16.7 Å². The highest BCUT2D eigenvalue weighted by Crippen LogP contribution is 2.30. The molecule has 5 nitrogen and oxygen atoms in total. The molecule has 21 heavy (non-hydrogen) atoms. The van der Waals surface area contributed by atoms with Gasteiger partial charge in [0.05, 0.1) is 10.6 Å². The van der Waals surface area contributed by atoms with E-state index in [0.29, 0.717) is 5.82 Å². The van der Waals surface area contributed by atoms with Crippen molar-refractivity contribution in [3.8, 4) is 11.4 Å². The van der Waals surface area contributed by atoms with Gasteiger partial charge in [0.15, 0.2) is 11.5 Å². The molecule has 3 rings (SSSR count). The SMILES string of the molecule is O=C(O)c1cc(NC2CC2)nc(-c2c(F)cccc2Cl)n1. The van der Waals surface area contributed by atoms with Crippen LogP contribution in [0.1, 0.15) is 23.3 Å². The number of carbonyl (C=O) groups is 1. The van der Waals surface area contributed by atoms with Crippen LogP contribution >= 0.6 is 11.6 Å². The largest absolute Gasteiger partial charge is 0.477 e. The van der Waals surface area contributed by atoms with Crippen molar-refractivity contribution in [1.82, 2.24) is 9.97 Å². The predicted molar refractivity (Wildman–Crippen MR) is 76.0 cm³/mol. The summed E-state index contributed by atoms with van der Waals surface area (Å²) in [5.41, 5.74) is -0.205. The van der Waals surface area contributed by atoms with Gasteiger partial charge in [0, 0.05) is 12.1 Å². The number of nitrogens with zero attached hydrogens (tertiary/aromatic N) is 2. The summed E-state index contributed by atoms with van der Waals surface area (Å²) in [6.45, 7) is 0. The summed E-state index contributed by atoms with van der Waals surface area (Å²) < 4.78 is 13.9. The fourth-order valence-corrected chi connectivity index (χ4v) is 2.14. The predicted octanol–water partition coefficient (Wildman–Crippen LogP) is 3.21. The maximum Gasteiger partial charge on any atom is 0.354 e. The van der Waals surface area contributed by atoms with Crippen LogP contribution in [0.4, 0.5) is 10.2 Å². The molecule has 1 saturated carbocycles. The van der Waals surface area contributed by atoms with Crippen molar-refractivity contribution >= 4 is 23.4 Å². The third-order valence-electron chi connectivity index (χ3n) is 3.06. The van der Waals surface area contributed by atoms with Crippen LogP contribution in [-0.2, 0) is 0 Å². The molecule has 0 spiro atoms. The van der Waals surface area contributed by atoms with Crippen molar-refractivity contribution in [2.45, 2.75) is 18.9 Å². The fraction of sp³-hybridized carbons (Fsp3) is 0.214. The lowest BCUT2D eigenvalue weighted by Gasteiger charge is -2.09. The van der Waals surface area contributed by atoms with Gasteiger partial charge in [-0.3, -0.25) is 0 Å². The van der Waals surface area contributed by atoms with Crippen LogP contribution in [0.15, 0.2) is 24.3 Å². The van der Waals surface area contributed by atoms with Gasteiger partial charge in [-0.2, -0.15) is 0 Å². The normalized spacial score (nSPS) is 14.0. The number of anilines is 1. The van der Waals surface area contributed by atoms with E-state index in [-0.39, 0.29) is 28.1 Å². The summed E-state index contributed by atoms with van der Waals surface area (Å²) in [5.74, 6) is -1.48. The van der Waals surface area contributed by atoms with E-state index < -0.39 is 11.8 Å². The van der Waals surface area contributed by atoms with Crippen LogP contribution in [0.2, 0.25) is 5.02 Å². The first kappa shape index (κ1) is 13.8. The number of carboxylic acids is 1. The summed E-state index contributed by atoms with van der Waals surface area (Å²) in [5, 5.41) is 12.3. The summed E-state index contributed by atoms with van der Waals surface area (Å²) >= 11 is 5.98. The van der Waals surface area contributed by atoms with Crippen molar-refractivity contribution in [2.24, 2.45) is 0 Å². The molecule has 0 radical (unpaired) electrons. The lowest BCUT2D eigenvalue weighted by Crippen LogP contribution is -2.09. The maximum atomic E-state index is 13.9. The van der Waals surface area contributed by atoms with E-state index in [1.807, 2.05) is 0 Å². The van der Waals surface area contributed by atoms with Gasteiger partial charge in [-0.15, -0.1) is 0 Å². The van der Waals surface area contributed by atoms with Gasteiger partial charge >= 0.3 is 5.97 Å². The van der Waals surface area contributed by atoms with E-state index in [1.165, 1.54) is 24.3 Å². The first-order valence-electron chi connectivity index (χ1n) is 6.38. The Morgan fingerprint density at radius 1 is 1.38 bits per heavy atom. The standard InChI is InChI=1S/C14H11ClFN3O2/c15-8-2-1-3-9(16)12(8)13-18-10(14(20)21)6-11(19-13)17-7-4-5-7/h1-3,6-7H,4-5H2,(H,20,21)(H,17,18,19). The number of hydrogen-bond acceptors (Lipinski definition) is 4. The zero-order valence-electron chi connectivity index (χ0n) is 10.8. The number of aromatic nitrogens is 2. The Balaban J connectivity index is 2.11. The van der Waals surface area contributed by atoms with Crippen molar-refractivity contribution in [3.63, 3.8) is 0 Å². The summed E-state index contributed by atoms with van der Waals surface area (Å²) in [6, 6.07) is 5.81. The number of carboxylic acid groups (broad SMARTS) is 1. The molecular weight excluding hydrogens is 297 g/mol. The average molecular weight is 308 g/mol. The van der Waals surface area contributed by atoms with Gasteiger partial charge in [0.2, 0.25) is 0 Å². The Bertz CT molecular complexity index is 699. The quantitative estimate of drug-likeness (QED) is 0.907. The van der Waals surface area contributed by atoms with E-state index in [1.54, 1.807) is 0 Å². The zero-order chi connectivity index (χ0) is 15.0. The number of hydrogen-bond donors (Lipinski definition) is 2. The van der Waals surface area contributed by atoms with Crippen LogP contribution in [0.3, 0.4) is 0 Å². The molecule has 0 aliphatic heterocycles. The first-order valence-corrected chi connectivity index (χ1v) is 6.75. The summed E-state index contributed by atoms with van der Waals surface area (Å²) in [6.07, 6.45) is 2.00. The summed E-state index contributed by atoms with van der Waals surface area (Å²) in [7, 11) is 0. The lowest BCUT2D eigenvalue weighted by molar-refractivity contribution is 0.0690. The minimum atomic E-state index is -1.20. The molecule has 1 aromatic heterocycles. The molecule has 2 aromatic rings. The topological polar surface area (TPSA) is 75.1 Å². The lowest BCUT2D eigenvalue weighted by atomic mass is 10.2. The van der Waals surface area contributed by atoms with Crippen LogP contribution < -0.4 is 5.32 Å². The number of benzene rings is 1. The molecule has 0 saturated heterocycles. The molecule has 1 aliphatic rings. The van der Waals surface area contributed by atoms with Crippen molar-refractivity contribution in [2.75, 3.05) is 5.32 Å². The van der Waals surface area contributed by atoms with Gasteiger partial charge in [-0.1, -0.05) is 17.7 Å². The van der Waals surface area contributed by atoms with Gasteiger partial charge in [-0.25, -0.2) is 19.2 Å². The second-order valence-corrected chi connectivity index (χ2v) is 5.19. The van der Waals surface area contributed by atoms with Gasteiger partial charge in [0.1, 0.15) is 11.6 Å². The molecule has 0 unspecified atom stereocenters. The number of rotatable bonds is 4. The Morgan fingerprint density at radius 2 is 2.14 bits per heavy atom. The van der Waals surface area contributed by atoms with Gasteiger partial charge < -0.3 is 10.4 Å². The fourth-order valence-electron chi connectivity index (χ4n) is 1.89. The van der Waals surface area contributed by atoms with Crippen LogP contribution in [0.25, 0.3) is 11.4 Å². The Kier molecular flexibility index (Phi) is 3.47. The maximum absolute atomic E-state index is 13.9.